The van der Waals surface area contributed by atoms with Gasteiger partial charge in [0.15, 0.2) is 0 Å². The molecular formula is C13H22N4. The maximum atomic E-state index is 4.10. The molecule has 1 unspecified atom stereocenters. The van der Waals surface area contributed by atoms with Gasteiger partial charge in [-0.1, -0.05) is 16.9 Å². The lowest BCUT2D eigenvalue weighted by Gasteiger charge is -2.20. The predicted octanol–water partition coefficient (Wildman–Crippen LogP) is 2.45. The SMILES string of the molecule is CCn1nncc1C(CC1=CCCCC1)NC. The summed E-state index contributed by atoms with van der Waals surface area (Å²) in [5.41, 5.74) is 2.78. The smallest absolute Gasteiger partial charge is 0.0759 e. The van der Waals surface area contributed by atoms with Crippen LogP contribution >= 0.6 is 0 Å². The van der Waals surface area contributed by atoms with Crippen LogP contribution in [0.5, 0.6) is 0 Å². The van der Waals surface area contributed by atoms with Gasteiger partial charge in [0, 0.05) is 6.54 Å². The Kier molecular flexibility index (Phi) is 4.31. The number of nitrogens with zero attached hydrogens (tertiary/aromatic N) is 3. The minimum Gasteiger partial charge on any atom is -0.311 e. The molecule has 17 heavy (non-hydrogen) atoms. The van der Waals surface area contributed by atoms with E-state index in [9.17, 15) is 0 Å². The van der Waals surface area contributed by atoms with Crippen molar-refractivity contribution >= 4 is 0 Å². The third kappa shape index (κ3) is 2.94. The van der Waals surface area contributed by atoms with E-state index in [1.165, 1.54) is 31.4 Å². The number of aryl methyl sites for hydroxylation is 1. The highest BCUT2D eigenvalue weighted by Gasteiger charge is 2.17. The van der Waals surface area contributed by atoms with E-state index in [0.717, 1.165) is 13.0 Å². The van der Waals surface area contributed by atoms with Gasteiger partial charge in [-0.25, -0.2) is 4.68 Å². The van der Waals surface area contributed by atoms with Crippen LogP contribution in [-0.4, -0.2) is 22.0 Å². The zero-order valence-corrected chi connectivity index (χ0v) is 10.8. The average Bonchev–Trinajstić information content (AvgIpc) is 2.85. The molecule has 0 spiro atoms. The fraction of sp³-hybridized carbons (Fsp3) is 0.692. The monoisotopic (exact) mass is 234 g/mol. The van der Waals surface area contributed by atoms with Gasteiger partial charge in [0.2, 0.25) is 0 Å². The predicted molar refractivity (Wildman–Crippen MR) is 68.7 cm³/mol. The Morgan fingerprint density at radius 3 is 3.00 bits per heavy atom. The molecule has 1 N–H and O–H groups in total. The maximum Gasteiger partial charge on any atom is 0.0759 e. The number of hydrogen-bond donors (Lipinski definition) is 1. The van der Waals surface area contributed by atoms with Crippen LogP contribution in [0.15, 0.2) is 17.8 Å². The summed E-state index contributed by atoms with van der Waals surface area (Å²) in [4.78, 5) is 0. The van der Waals surface area contributed by atoms with Gasteiger partial charge in [0.1, 0.15) is 0 Å². The molecule has 94 valence electrons. The Hall–Kier alpha value is -1.16. The zero-order valence-electron chi connectivity index (χ0n) is 10.8. The Morgan fingerprint density at radius 1 is 1.47 bits per heavy atom. The number of aromatic nitrogens is 3. The van der Waals surface area contributed by atoms with E-state index in [0.29, 0.717) is 6.04 Å². The normalized spacial score (nSPS) is 17.9. The van der Waals surface area contributed by atoms with Crippen LogP contribution in [0.4, 0.5) is 0 Å². The quantitative estimate of drug-likeness (QED) is 0.796. The minimum absolute atomic E-state index is 0.342. The van der Waals surface area contributed by atoms with Crippen LogP contribution in [0.3, 0.4) is 0 Å². The molecule has 4 nitrogen and oxygen atoms in total. The summed E-state index contributed by atoms with van der Waals surface area (Å²) < 4.78 is 1.98. The summed E-state index contributed by atoms with van der Waals surface area (Å²) in [6, 6.07) is 0.342. The first-order valence-corrected chi connectivity index (χ1v) is 6.58. The average molecular weight is 234 g/mol. The van der Waals surface area contributed by atoms with Gasteiger partial charge in [0.25, 0.3) is 0 Å². The standard InChI is InChI=1S/C13H22N4/c1-3-17-13(10-15-16-17)12(14-2)9-11-7-5-4-6-8-11/h7,10,12,14H,3-6,8-9H2,1-2H3. The molecule has 2 rings (SSSR count). The van der Waals surface area contributed by atoms with Crippen molar-refractivity contribution in [1.29, 1.82) is 0 Å². The molecule has 0 fully saturated rings. The van der Waals surface area contributed by atoms with E-state index in [1.807, 2.05) is 17.9 Å². The van der Waals surface area contributed by atoms with Crippen LogP contribution < -0.4 is 5.32 Å². The number of allylic oxidation sites excluding steroid dienone is 1. The molecule has 1 aromatic rings. The lowest BCUT2D eigenvalue weighted by Crippen LogP contribution is -2.21. The molecule has 1 aromatic heterocycles. The van der Waals surface area contributed by atoms with Crippen molar-refractivity contribution in [2.45, 2.75) is 51.6 Å². The topological polar surface area (TPSA) is 42.7 Å². The van der Waals surface area contributed by atoms with Gasteiger partial charge in [-0.15, -0.1) is 5.10 Å². The van der Waals surface area contributed by atoms with Crippen molar-refractivity contribution in [3.63, 3.8) is 0 Å². The first-order valence-electron chi connectivity index (χ1n) is 6.58. The Bertz CT molecular complexity index is 381. The fourth-order valence-corrected chi connectivity index (χ4v) is 2.49. The summed E-state index contributed by atoms with van der Waals surface area (Å²) in [5.74, 6) is 0. The highest BCUT2D eigenvalue weighted by molar-refractivity contribution is 5.12. The number of hydrogen-bond acceptors (Lipinski definition) is 3. The molecule has 0 radical (unpaired) electrons. The summed E-state index contributed by atoms with van der Waals surface area (Å²) in [5, 5.41) is 11.5. The van der Waals surface area contributed by atoms with Crippen LogP contribution in [-0.2, 0) is 6.54 Å². The van der Waals surface area contributed by atoms with E-state index in [1.54, 1.807) is 5.57 Å². The summed E-state index contributed by atoms with van der Waals surface area (Å²) >= 11 is 0. The van der Waals surface area contributed by atoms with Crippen LogP contribution in [0.1, 0.15) is 50.8 Å². The summed E-state index contributed by atoms with van der Waals surface area (Å²) in [6.45, 7) is 2.98. The van der Waals surface area contributed by atoms with Crippen LogP contribution in [0.25, 0.3) is 0 Å². The second kappa shape index (κ2) is 5.96. The van der Waals surface area contributed by atoms with Crippen molar-refractivity contribution < 1.29 is 0 Å². The van der Waals surface area contributed by atoms with Crippen molar-refractivity contribution in [2.75, 3.05) is 7.05 Å². The highest BCUT2D eigenvalue weighted by Crippen LogP contribution is 2.26. The van der Waals surface area contributed by atoms with Gasteiger partial charge in [-0.3, -0.25) is 0 Å². The molecule has 4 heteroatoms. The van der Waals surface area contributed by atoms with Gasteiger partial charge < -0.3 is 5.32 Å². The molecule has 0 amide bonds. The molecule has 0 bridgehead atoms. The first-order chi connectivity index (χ1) is 8.35. The van der Waals surface area contributed by atoms with Gasteiger partial charge >= 0.3 is 0 Å². The van der Waals surface area contributed by atoms with Crippen molar-refractivity contribution in [3.8, 4) is 0 Å². The molecule has 1 aliphatic rings. The highest BCUT2D eigenvalue weighted by atomic mass is 15.4. The minimum atomic E-state index is 0.342. The molecule has 0 saturated heterocycles. The van der Waals surface area contributed by atoms with Gasteiger partial charge in [-0.05, 0) is 46.1 Å². The molecule has 0 aromatic carbocycles. The van der Waals surface area contributed by atoms with Crippen molar-refractivity contribution in [3.05, 3.63) is 23.5 Å². The molecule has 1 heterocycles. The Balaban J connectivity index is 2.08. The van der Waals surface area contributed by atoms with Crippen molar-refractivity contribution in [2.24, 2.45) is 0 Å². The third-order valence-corrected chi connectivity index (χ3v) is 3.50. The summed E-state index contributed by atoms with van der Waals surface area (Å²) in [7, 11) is 2.01. The largest absolute Gasteiger partial charge is 0.311 e. The summed E-state index contributed by atoms with van der Waals surface area (Å²) in [6.07, 6.45) is 10.6. The van der Waals surface area contributed by atoms with E-state index < -0.39 is 0 Å². The van der Waals surface area contributed by atoms with E-state index in [-0.39, 0.29) is 0 Å². The van der Waals surface area contributed by atoms with E-state index in [2.05, 4.69) is 28.6 Å². The fourth-order valence-electron chi connectivity index (χ4n) is 2.49. The third-order valence-electron chi connectivity index (χ3n) is 3.50. The number of nitrogens with one attached hydrogen (secondary N) is 1. The van der Waals surface area contributed by atoms with Gasteiger partial charge in [-0.2, -0.15) is 0 Å². The molecule has 0 saturated carbocycles. The van der Waals surface area contributed by atoms with Gasteiger partial charge in [0.05, 0.1) is 17.9 Å². The Labute approximate surface area is 103 Å². The second-order valence-corrected chi connectivity index (χ2v) is 4.63. The van der Waals surface area contributed by atoms with Crippen molar-refractivity contribution in [1.82, 2.24) is 20.3 Å². The molecule has 0 aliphatic heterocycles. The lowest BCUT2D eigenvalue weighted by atomic mass is 9.93. The lowest BCUT2D eigenvalue weighted by molar-refractivity contribution is 0.496. The molecule has 1 atom stereocenters. The van der Waals surface area contributed by atoms with E-state index >= 15 is 0 Å². The molecular weight excluding hydrogens is 212 g/mol. The Morgan fingerprint density at radius 2 is 2.35 bits per heavy atom. The van der Waals surface area contributed by atoms with Crippen LogP contribution in [0.2, 0.25) is 0 Å². The molecule has 1 aliphatic carbocycles. The second-order valence-electron chi connectivity index (χ2n) is 4.63. The van der Waals surface area contributed by atoms with Crippen LogP contribution in [0, 0.1) is 0 Å². The van der Waals surface area contributed by atoms with E-state index in [4.69, 9.17) is 0 Å². The first kappa shape index (κ1) is 12.3. The maximum absolute atomic E-state index is 4.10. The zero-order chi connectivity index (χ0) is 12.1. The number of rotatable bonds is 5.